The lowest BCUT2D eigenvalue weighted by Crippen LogP contribution is -2.31. The van der Waals surface area contributed by atoms with Crippen LogP contribution in [0.5, 0.6) is 0 Å². The van der Waals surface area contributed by atoms with Crippen LogP contribution in [0.4, 0.5) is 11.9 Å². The number of nitrogens with two attached hydrogens (primary N) is 1. The molecular formula is C10H10ClN5S. The van der Waals surface area contributed by atoms with Gasteiger partial charge in [-0.25, -0.2) is 0 Å². The normalized spacial score (nSPS) is 14.8. The van der Waals surface area contributed by atoms with Gasteiger partial charge in [0, 0.05) is 18.0 Å². The number of hydrogen-bond acceptors (Lipinski definition) is 6. The maximum atomic E-state index is 5.78. The van der Waals surface area contributed by atoms with Crippen molar-refractivity contribution in [2.45, 2.75) is 13.0 Å². The Bertz CT molecular complexity index is 535. The Morgan fingerprint density at radius 3 is 3.06 bits per heavy atom. The number of rotatable bonds is 1. The number of fused-ring (bicyclic) bond motifs is 1. The molecule has 0 bridgehead atoms. The minimum atomic E-state index is 0.142. The summed E-state index contributed by atoms with van der Waals surface area (Å²) in [6.07, 6.45) is 1.01. The minimum Gasteiger partial charge on any atom is -0.368 e. The number of halogens is 1. The van der Waals surface area contributed by atoms with Crippen LogP contribution in [-0.2, 0) is 13.0 Å². The predicted octanol–water partition coefficient (Wildman–Crippen LogP) is 1.73. The van der Waals surface area contributed by atoms with Gasteiger partial charge in [-0.1, -0.05) is 0 Å². The highest BCUT2D eigenvalue weighted by Gasteiger charge is 2.20. The molecule has 2 N–H and O–H groups in total. The van der Waals surface area contributed by atoms with Gasteiger partial charge in [0.25, 0.3) is 0 Å². The van der Waals surface area contributed by atoms with E-state index >= 15 is 0 Å². The molecule has 1 aliphatic rings. The molecule has 5 nitrogen and oxygen atoms in total. The number of thiophene rings is 1. The quantitative estimate of drug-likeness (QED) is 0.852. The lowest BCUT2D eigenvalue weighted by molar-refractivity contribution is 0.715. The van der Waals surface area contributed by atoms with Crippen molar-refractivity contribution in [2.75, 3.05) is 17.2 Å². The second kappa shape index (κ2) is 4.12. The first-order valence-corrected chi connectivity index (χ1v) is 6.45. The lowest BCUT2D eigenvalue weighted by Gasteiger charge is -2.26. The van der Waals surface area contributed by atoms with E-state index in [0.29, 0.717) is 5.95 Å². The van der Waals surface area contributed by atoms with E-state index in [4.69, 9.17) is 17.3 Å². The Labute approximate surface area is 107 Å². The monoisotopic (exact) mass is 267 g/mol. The van der Waals surface area contributed by atoms with E-state index in [9.17, 15) is 0 Å². The Morgan fingerprint density at radius 1 is 1.35 bits per heavy atom. The summed E-state index contributed by atoms with van der Waals surface area (Å²) >= 11 is 7.58. The second-order valence-electron chi connectivity index (χ2n) is 3.80. The maximum absolute atomic E-state index is 5.78. The number of anilines is 2. The van der Waals surface area contributed by atoms with Gasteiger partial charge in [-0.2, -0.15) is 15.0 Å². The number of nitrogen functional groups attached to an aromatic ring is 1. The molecule has 3 heterocycles. The molecule has 0 atom stereocenters. The molecule has 88 valence electrons. The van der Waals surface area contributed by atoms with E-state index in [2.05, 4.69) is 31.3 Å². The number of nitrogens with zero attached hydrogens (tertiary/aromatic N) is 4. The van der Waals surface area contributed by atoms with Crippen LogP contribution in [0.2, 0.25) is 5.28 Å². The van der Waals surface area contributed by atoms with E-state index in [1.807, 2.05) is 0 Å². The Kier molecular flexibility index (Phi) is 2.60. The highest BCUT2D eigenvalue weighted by Crippen LogP contribution is 2.26. The van der Waals surface area contributed by atoms with Gasteiger partial charge in [-0.3, -0.25) is 0 Å². The Hall–Kier alpha value is -1.40. The zero-order valence-electron chi connectivity index (χ0n) is 8.93. The lowest BCUT2D eigenvalue weighted by atomic mass is 10.1. The molecule has 0 aliphatic carbocycles. The van der Waals surface area contributed by atoms with Crippen molar-refractivity contribution in [3.05, 3.63) is 27.2 Å². The average Bonchev–Trinajstić information content (AvgIpc) is 2.74. The maximum Gasteiger partial charge on any atom is 0.231 e. The van der Waals surface area contributed by atoms with E-state index in [-0.39, 0.29) is 11.2 Å². The fourth-order valence-corrected chi connectivity index (χ4v) is 2.97. The molecular weight excluding hydrogens is 258 g/mol. The van der Waals surface area contributed by atoms with Gasteiger partial charge >= 0.3 is 0 Å². The Morgan fingerprint density at radius 2 is 2.24 bits per heavy atom. The van der Waals surface area contributed by atoms with Gasteiger partial charge in [-0.15, -0.1) is 11.3 Å². The first-order valence-electron chi connectivity index (χ1n) is 5.19. The molecule has 7 heteroatoms. The third-order valence-electron chi connectivity index (χ3n) is 2.70. The molecule has 0 amide bonds. The fraction of sp³-hybridized carbons (Fsp3) is 0.300. The van der Waals surface area contributed by atoms with E-state index < -0.39 is 0 Å². The largest absolute Gasteiger partial charge is 0.368 e. The van der Waals surface area contributed by atoms with Crippen LogP contribution in [0.15, 0.2) is 11.4 Å². The number of hydrogen-bond donors (Lipinski definition) is 1. The summed E-state index contributed by atoms with van der Waals surface area (Å²) < 4.78 is 0. The molecule has 2 aromatic rings. The summed E-state index contributed by atoms with van der Waals surface area (Å²) in [5.74, 6) is 0.718. The summed E-state index contributed by atoms with van der Waals surface area (Å²) in [6.45, 7) is 1.69. The van der Waals surface area contributed by atoms with Crippen molar-refractivity contribution in [3.63, 3.8) is 0 Å². The average molecular weight is 268 g/mol. The summed E-state index contributed by atoms with van der Waals surface area (Å²) in [4.78, 5) is 15.5. The van der Waals surface area contributed by atoms with Crippen LogP contribution in [0.1, 0.15) is 10.4 Å². The minimum absolute atomic E-state index is 0.142. The molecule has 1 aliphatic heterocycles. The zero-order valence-corrected chi connectivity index (χ0v) is 10.5. The van der Waals surface area contributed by atoms with Crippen LogP contribution >= 0.6 is 22.9 Å². The summed E-state index contributed by atoms with van der Waals surface area (Å²) in [5, 5.41) is 2.26. The molecule has 0 saturated heterocycles. The van der Waals surface area contributed by atoms with Gasteiger partial charge in [0.05, 0.1) is 0 Å². The van der Waals surface area contributed by atoms with Crippen LogP contribution < -0.4 is 10.6 Å². The van der Waals surface area contributed by atoms with Crippen LogP contribution in [0.3, 0.4) is 0 Å². The number of aromatic nitrogens is 3. The SMILES string of the molecule is Nc1nc(Cl)nc(N2CCc3sccc3C2)n1. The van der Waals surface area contributed by atoms with Crippen molar-refractivity contribution in [1.82, 2.24) is 15.0 Å². The molecule has 17 heavy (non-hydrogen) atoms. The van der Waals surface area contributed by atoms with Crippen molar-refractivity contribution < 1.29 is 0 Å². The van der Waals surface area contributed by atoms with Crippen molar-refractivity contribution in [1.29, 1.82) is 0 Å². The smallest absolute Gasteiger partial charge is 0.231 e. The molecule has 2 aromatic heterocycles. The van der Waals surface area contributed by atoms with Gasteiger partial charge < -0.3 is 10.6 Å². The Balaban J connectivity index is 1.91. The van der Waals surface area contributed by atoms with Crippen LogP contribution in [0.25, 0.3) is 0 Å². The van der Waals surface area contributed by atoms with Crippen molar-refractivity contribution in [3.8, 4) is 0 Å². The fourth-order valence-electron chi connectivity index (χ4n) is 1.92. The van der Waals surface area contributed by atoms with Crippen LogP contribution in [-0.4, -0.2) is 21.5 Å². The van der Waals surface area contributed by atoms with E-state index in [1.165, 1.54) is 10.4 Å². The van der Waals surface area contributed by atoms with Gasteiger partial charge in [0.2, 0.25) is 17.2 Å². The first-order chi connectivity index (χ1) is 8.22. The second-order valence-corrected chi connectivity index (χ2v) is 5.14. The van der Waals surface area contributed by atoms with Gasteiger partial charge in [0.1, 0.15) is 0 Å². The summed E-state index contributed by atoms with van der Waals surface area (Å²) in [5.41, 5.74) is 6.90. The molecule has 0 radical (unpaired) electrons. The van der Waals surface area contributed by atoms with Crippen molar-refractivity contribution in [2.24, 2.45) is 0 Å². The molecule has 0 aromatic carbocycles. The standard InChI is InChI=1S/C10H10ClN5S/c11-8-13-9(12)15-10(14-8)16-3-1-7-6(5-16)2-4-17-7/h2,4H,1,3,5H2,(H2,12,13,14,15). The molecule has 0 saturated carbocycles. The third kappa shape index (κ3) is 2.05. The highest BCUT2D eigenvalue weighted by atomic mass is 35.5. The highest BCUT2D eigenvalue weighted by molar-refractivity contribution is 7.10. The predicted molar refractivity (Wildman–Crippen MR) is 68.3 cm³/mol. The van der Waals surface area contributed by atoms with Crippen molar-refractivity contribution >= 4 is 34.8 Å². The van der Waals surface area contributed by atoms with Gasteiger partial charge in [-0.05, 0) is 35.0 Å². The topological polar surface area (TPSA) is 67.9 Å². The van der Waals surface area contributed by atoms with E-state index in [0.717, 1.165) is 19.5 Å². The summed E-state index contributed by atoms with van der Waals surface area (Å²) in [7, 11) is 0. The summed E-state index contributed by atoms with van der Waals surface area (Å²) in [6, 6.07) is 2.14. The molecule has 3 rings (SSSR count). The first kappa shape index (κ1) is 10.7. The zero-order chi connectivity index (χ0) is 11.8. The van der Waals surface area contributed by atoms with E-state index in [1.54, 1.807) is 11.3 Å². The molecule has 0 spiro atoms. The third-order valence-corrected chi connectivity index (χ3v) is 3.90. The van der Waals surface area contributed by atoms with Gasteiger partial charge in [0.15, 0.2) is 0 Å². The molecule has 0 fully saturated rings. The van der Waals surface area contributed by atoms with Crippen LogP contribution in [0, 0.1) is 0 Å². The molecule has 0 unspecified atom stereocenters.